The molecule has 130 valence electrons. The summed E-state index contributed by atoms with van der Waals surface area (Å²) in [4.78, 5) is 20.9. The highest BCUT2D eigenvalue weighted by molar-refractivity contribution is 5.83. The van der Waals surface area contributed by atoms with Gasteiger partial charge in [-0.2, -0.15) is 5.10 Å². The largest absolute Gasteiger partial charge is 0.286 e. The van der Waals surface area contributed by atoms with Gasteiger partial charge in [0, 0.05) is 11.6 Å². The first-order chi connectivity index (χ1) is 13.3. The fourth-order valence-electron chi connectivity index (χ4n) is 3.30. The number of benzene rings is 2. The van der Waals surface area contributed by atoms with Crippen LogP contribution in [0.5, 0.6) is 0 Å². The highest BCUT2D eigenvalue weighted by atomic mass is 16.1. The second-order valence-electron chi connectivity index (χ2n) is 6.40. The average molecular weight is 353 g/mol. The fraction of sp³-hybridized carbons (Fsp3) is 0.0476. The van der Waals surface area contributed by atoms with Crippen molar-refractivity contribution in [2.75, 3.05) is 0 Å². The van der Waals surface area contributed by atoms with Crippen LogP contribution in [0.15, 0.2) is 78.0 Å². The highest BCUT2D eigenvalue weighted by Gasteiger charge is 2.07. The molecule has 6 nitrogen and oxygen atoms in total. The summed E-state index contributed by atoms with van der Waals surface area (Å²) < 4.78 is 1.65. The summed E-state index contributed by atoms with van der Waals surface area (Å²) in [5.41, 5.74) is 5.34. The summed E-state index contributed by atoms with van der Waals surface area (Å²) in [6.07, 6.45) is 4.83. The first kappa shape index (κ1) is 15.5. The van der Waals surface area contributed by atoms with E-state index in [9.17, 15) is 4.79 Å². The van der Waals surface area contributed by atoms with Crippen LogP contribution in [0.4, 0.5) is 0 Å². The van der Waals surface area contributed by atoms with Gasteiger partial charge in [-0.05, 0) is 41.0 Å². The van der Waals surface area contributed by atoms with Gasteiger partial charge in [0.05, 0.1) is 24.5 Å². The van der Waals surface area contributed by atoms with Gasteiger partial charge in [-0.1, -0.05) is 30.3 Å². The molecule has 0 amide bonds. The zero-order valence-corrected chi connectivity index (χ0v) is 14.3. The van der Waals surface area contributed by atoms with Crippen molar-refractivity contribution in [2.24, 2.45) is 0 Å². The number of aromatic amines is 1. The van der Waals surface area contributed by atoms with Crippen LogP contribution < -0.4 is 5.56 Å². The van der Waals surface area contributed by atoms with E-state index in [2.05, 4.69) is 44.4 Å². The first-order valence-corrected chi connectivity index (χ1v) is 8.61. The Labute approximate surface area is 154 Å². The van der Waals surface area contributed by atoms with Gasteiger partial charge in [-0.3, -0.25) is 14.5 Å². The van der Waals surface area contributed by atoms with Gasteiger partial charge in [0.15, 0.2) is 5.65 Å². The van der Waals surface area contributed by atoms with Crippen LogP contribution in [-0.2, 0) is 6.54 Å². The number of rotatable bonds is 3. The number of fused-ring (bicyclic) bond motifs is 2. The molecule has 0 radical (unpaired) electrons. The maximum absolute atomic E-state index is 12.4. The van der Waals surface area contributed by atoms with E-state index in [4.69, 9.17) is 0 Å². The molecule has 0 aliphatic rings. The van der Waals surface area contributed by atoms with Crippen molar-refractivity contribution in [3.63, 3.8) is 0 Å². The molecule has 2 aromatic carbocycles. The van der Waals surface area contributed by atoms with Gasteiger partial charge in [-0.15, -0.1) is 0 Å². The Balaban J connectivity index is 1.57. The van der Waals surface area contributed by atoms with Crippen molar-refractivity contribution in [3.05, 3.63) is 89.1 Å². The smallest absolute Gasteiger partial charge is 0.270 e. The number of hydrogen-bond acceptors (Lipinski definition) is 4. The van der Waals surface area contributed by atoms with E-state index in [1.165, 1.54) is 6.20 Å². The minimum atomic E-state index is -0.162. The lowest BCUT2D eigenvalue weighted by Crippen LogP contribution is -2.21. The lowest BCUT2D eigenvalue weighted by atomic mass is 10.0. The van der Waals surface area contributed by atoms with E-state index < -0.39 is 0 Å². The summed E-state index contributed by atoms with van der Waals surface area (Å²) >= 11 is 0. The van der Waals surface area contributed by atoms with Crippen molar-refractivity contribution in [3.8, 4) is 11.1 Å². The Morgan fingerprint density at radius 2 is 1.85 bits per heavy atom. The minimum Gasteiger partial charge on any atom is -0.286 e. The zero-order valence-electron chi connectivity index (χ0n) is 14.3. The number of hydrogen-bond donors (Lipinski definition) is 1. The van der Waals surface area contributed by atoms with Crippen LogP contribution in [0.25, 0.3) is 33.2 Å². The van der Waals surface area contributed by atoms with Crippen LogP contribution in [0.2, 0.25) is 0 Å². The molecule has 5 aromatic rings. The van der Waals surface area contributed by atoms with Gasteiger partial charge in [0.2, 0.25) is 0 Å². The molecule has 3 aromatic heterocycles. The summed E-state index contributed by atoms with van der Waals surface area (Å²) in [5.74, 6) is 0. The van der Waals surface area contributed by atoms with E-state index in [1.807, 2.05) is 36.5 Å². The molecule has 0 aliphatic heterocycles. The summed E-state index contributed by atoms with van der Waals surface area (Å²) in [6, 6.07) is 18.1. The quantitative estimate of drug-likeness (QED) is 0.539. The molecular formula is C21H15N5O. The number of nitrogens with zero attached hydrogens (tertiary/aromatic N) is 4. The molecule has 27 heavy (non-hydrogen) atoms. The van der Waals surface area contributed by atoms with Crippen molar-refractivity contribution in [1.82, 2.24) is 24.7 Å². The molecule has 0 aliphatic carbocycles. The van der Waals surface area contributed by atoms with E-state index in [0.29, 0.717) is 17.7 Å². The third-order valence-electron chi connectivity index (χ3n) is 4.64. The van der Waals surface area contributed by atoms with E-state index in [0.717, 1.165) is 27.6 Å². The standard InChI is InChI=1S/C21H15N5O/c27-20-12-23-18-5-2-8-22-21(18)26(20)13-14-3-1-4-15(9-14)16-6-7-17-11-24-25-19(17)10-16/h1-12H,13H2,(H,24,25). The van der Waals surface area contributed by atoms with E-state index in [1.54, 1.807) is 10.8 Å². The lowest BCUT2D eigenvalue weighted by molar-refractivity contribution is 0.775. The van der Waals surface area contributed by atoms with Crippen molar-refractivity contribution < 1.29 is 0 Å². The predicted molar refractivity (Wildman–Crippen MR) is 104 cm³/mol. The van der Waals surface area contributed by atoms with Crippen LogP contribution in [0.1, 0.15) is 5.56 Å². The Morgan fingerprint density at radius 3 is 2.81 bits per heavy atom. The van der Waals surface area contributed by atoms with Gasteiger partial charge in [0.25, 0.3) is 5.56 Å². The van der Waals surface area contributed by atoms with Gasteiger partial charge < -0.3 is 0 Å². The van der Waals surface area contributed by atoms with Crippen LogP contribution in [0.3, 0.4) is 0 Å². The average Bonchev–Trinajstić information content (AvgIpc) is 3.18. The second-order valence-corrected chi connectivity index (χ2v) is 6.40. The summed E-state index contributed by atoms with van der Waals surface area (Å²) in [7, 11) is 0. The molecular weight excluding hydrogens is 338 g/mol. The summed E-state index contributed by atoms with van der Waals surface area (Å²) in [6.45, 7) is 0.439. The predicted octanol–water partition coefficient (Wildman–Crippen LogP) is 3.38. The van der Waals surface area contributed by atoms with Crippen LogP contribution >= 0.6 is 0 Å². The maximum atomic E-state index is 12.4. The molecule has 0 spiro atoms. The Hall–Kier alpha value is -3.80. The Kier molecular flexibility index (Phi) is 3.53. The monoisotopic (exact) mass is 353 g/mol. The molecule has 0 unspecified atom stereocenters. The van der Waals surface area contributed by atoms with Crippen LogP contribution in [0, 0.1) is 0 Å². The molecule has 0 saturated heterocycles. The molecule has 0 bridgehead atoms. The normalized spacial score (nSPS) is 11.3. The Bertz CT molecular complexity index is 1340. The maximum Gasteiger partial charge on any atom is 0.270 e. The third-order valence-corrected chi connectivity index (χ3v) is 4.64. The fourth-order valence-corrected chi connectivity index (χ4v) is 3.30. The summed E-state index contributed by atoms with van der Waals surface area (Å²) in [5, 5.41) is 8.15. The van der Waals surface area contributed by atoms with Gasteiger partial charge in [0.1, 0.15) is 5.52 Å². The topological polar surface area (TPSA) is 76.5 Å². The molecule has 0 fully saturated rings. The van der Waals surface area contributed by atoms with Gasteiger partial charge >= 0.3 is 0 Å². The SMILES string of the molecule is O=c1cnc2cccnc2n1Cc1cccc(-c2ccc3cn[nH]c3c2)c1. The zero-order chi connectivity index (χ0) is 18.2. The van der Waals surface area contributed by atoms with Crippen molar-refractivity contribution >= 4 is 22.1 Å². The number of pyridine rings is 1. The number of nitrogens with one attached hydrogen (secondary N) is 1. The molecule has 1 N–H and O–H groups in total. The number of aromatic nitrogens is 5. The molecule has 6 heteroatoms. The first-order valence-electron chi connectivity index (χ1n) is 8.61. The van der Waals surface area contributed by atoms with E-state index >= 15 is 0 Å². The lowest BCUT2D eigenvalue weighted by Gasteiger charge is -2.10. The minimum absolute atomic E-state index is 0.162. The Morgan fingerprint density at radius 1 is 0.926 bits per heavy atom. The molecule has 0 saturated carbocycles. The molecule has 0 atom stereocenters. The van der Waals surface area contributed by atoms with Crippen molar-refractivity contribution in [1.29, 1.82) is 0 Å². The number of H-pyrrole nitrogens is 1. The van der Waals surface area contributed by atoms with Crippen LogP contribution in [-0.4, -0.2) is 24.7 Å². The van der Waals surface area contributed by atoms with E-state index in [-0.39, 0.29) is 5.56 Å². The van der Waals surface area contributed by atoms with Crippen molar-refractivity contribution in [2.45, 2.75) is 6.54 Å². The molecule has 3 heterocycles. The molecule has 5 rings (SSSR count). The highest BCUT2D eigenvalue weighted by Crippen LogP contribution is 2.24. The second kappa shape index (κ2) is 6.17. The third kappa shape index (κ3) is 2.77. The van der Waals surface area contributed by atoms with Gasteiger partial charge in [-0.25, -0.2) is 9.97 Å².